The number of rotatable bonds is 0. The summed E-state index contributed by atoms with van der Waals surface area (Å²) in [5.74, 6) is -0.206. The van der Waals surface area contributed by atoms with Crippen molar-refractivity contribution in [2.24, 2.45) is 0 Å². The third-order valence-corrected chi connectivity index (χ3v) is 2.12. The van der Waals surface area contributed by atoms with Gasteiger partial charge in [-0.3, -0.25) is 4.79 Å². The van der Waals surface area contributed by atoms with Crippen LogP contribution in [0.25, 0.3) is 10.9 Å². The summed E-state index contributed by atoms with van der Waals surface area (Å²) >= 11 is 0. The molecule has 0 aliphatic rings. The minimum Gasteiger partial charge on any atom is -0.508 e. The summed E-state index contributed by atoms with van der Waals surface area (Å²) < 4.78 is 37.1. The second-order valence-electron chi connectivity index (χ2n) is 3.27. The number of pyridine rings is 1. The molecule has 0 saturated carbocycles. The Kier molecular flexibility index (Phi) is 2.15. The number of halogens is 3. The van der Waals surface area contributed by atoms with Crippen LogP contribution >= 0.6 is 0 Å². The van der Waals surface area contributed by atoms with Crippen molar-refractivity contribution in [3.63, 3.8) is 0 Å². The van der Waals surface area contributed by atoms with Gasteiger partial charge in [0, 0.05) is 17.5 Å². The number of hydrogen-bond acceptors (Lipinski definition) is 2. The minimum absolute atomic E-state index is 0.0418. The van der Waals surface area contributed by atoms with Gasteiger partial charge in [0.15, 0.2) is 5.43 Å². The van der Waals surface area contributed by atoms with Crippen molar-refractivity contribution in [2.45, 2.75) is 6.18 Å². The average molecular weight is 229 g/mol. The Morgan fingerprint density at radius 2 is 1.88 bits per heavy atom. The maximum atomic E-state index is 12.4. The lowest BCUT2D eigenvalue weighted by atomic mass is 10.2. The van der Waals surface area contributed by atoms with E-state index in [0.29, 0.717) is 6.07 Å². The zero-order chi connectivity index (χ0) is 11.9. The van der Waals surface area contributed by atoms with Crippen molar-refractivity contribution in [1.82, 2.24) is 4.98 Å². The highest BCUT2D eigenvalue weighted by Gasteiger charge is 2.32. The molecule has 2 rings (SSSR count). The van der Waals surface area contributed by atoms with Crippen molar-refractivity contribution in [3.8, 4) is 5.75 Å². The fourth-order valence-electron chi connectivity index (χ4n) is 1.39. The number of benzene rings is 1. The first-order chi connectivity index (χ1) is 7.38. The zero-order valence-corrected chi connectivity index (χ0v) is 7.80. The molecule has 3 nitrogen and oxygen atoms in total. The maximum absolute atomic E-state index is 12.4. The molecule has 1 heterocycles. The Balaban J connectivity index is 2.80. The van der Waals surface area contributed by atoms with Crippen molar-refractivity contribution in [3.05, 3.63) is 40.2 Å². The fourth-order valence-corrected chi connectivity index (χ4v) is 1.39. The number of fused-ring (bicyclic) bond motifs is 1. The van der Waals surface area contributed by atoms with Gasteiger partial charge in [-0.05, 0) is 12.1 Å². The van der Waals surface area contributed by atoms with Gasteiger partial charge in [0.05, 0.1) is 5.52 Å². The van der Waals surface area contributed by atoms with Crippen LogP contribution in [0.3, 0.4) is 0 Å². The van der Waals surface area contributed by atoms with Crippen LogP contribution in [0.15, 0.2) is 29.1 Å². The first-order valence-electron chi connectivity index (χ1n) is 4.31. The summed E-state index contributed by atoms with van der Waals surface area (Å²) in [4.78, 5) is 13.4. The molecule has 0 bridgehead atoms. The first-order valence-corrected chi connectivity index (χ1v) is 4.31. The predicted molar refractivity (Wildman–Crippen MR) is 51.2 cm³/mol. The summed E-state index contributed by atoms with van der Waals surface area (Å²) in [6, 6.07) is 4.08. The van der Waals surface area contributed by atoms with E-state index in [1.165, 1.54) is 12.1 Å². The van der Waals surface area contributed by atoms with Crippen molar-refractivity contribution >= 4 is 10.9 Å². The van der Waals surface area contributed by atoms with Gasteiger partial charge < -0.3 is 10.1 Å². The standard InChI is InChI=1S/C10H6F3NO2/c11-10(12,13)9-4-8(16)6-2-1-5(15)3-7(6)14-9/h1-4,15H,(H,14,16). The monoisotopic (exact) mass is 229 g/mol. The average Bonchev–Trinajstić information content (AvgIpc) is 2.15. The van der Waals surface area contributed by atoms with Gasteiger partial charge >= 0.3 is 6.18 Å². The van der Waals surface area contributed by atoms with Crippen LogP contribution in [0, 0.1) is 0 Å². The lowest BCUT2D eigenvalue weighted by Gasteiger charge is -2.07. The summed E-state index contributed by atoms with van der Waals surface area (Å²) in [6.45, 7) is 0. The maximum Gasteiger partial charge on any atom is 0.431 e. The topological polar surface area (TPSA) is 53.1 Å². The second-order valence-corrected chi connectivity index (χ2v) is 3.27. The summed E-state index contributed by atoms with van der Waals surface area (Å²) in [5.41, 5.74) is -1.91. The molecule has 2 N–H and O–H groups in total. The Labute approximate surface area is 87.2 Å². The van der Waals surface area contributed by atoms with Crippen LogP contribution in [-0.4, -0.2) is 10.1 Å². The van der Waals surface area contributed by atoms with Crippen LogP contribution in [0.1, 0.15) is 5.69 Å². The number of hydrogen-bond donors (Lipinski definition) is 2. The normalized spacial score (nSPS) is 11.9. The Morgan fingerprint density at radius 1 is 1.19 bits per heavy atom. The van der Waals surface area contributed by atoms with E-state index >= 15 is 0 Å². The molecule has 2 aromatic rings. The van der Waals surface area contributed by atoms with E-state index in [1.807, 2.05) is 0 Å². The molecular formula is C10H6F3NO2. The second kappa shape index (κ2) is 3.26. The van der Waals surface area contributed by atoms with Gasteiger partial charge in [0.25, 0.3) is 0 Å². The highest BCUT2D eigenvalue weighted by Crippen LogP contribution is 2.28. The van der Waals surface area contributed by atoms with E-state index in [9.17, 15) is 18.0 Å². The quantitative estimate of drug-likeness (QED) is 0.727. The van der Waals surface area contributed by atoms with Crippen molar-refractivity contribution in [2.75, 3.05) is 0 Å². The highest BCUT2D eigenvalue weighted by atomic mass is 19.4. The first kappa shape index (κ1) is 10.5. The SMILES string of the molecule is O=c1cc(C(F)(F)F)[nH]c2cc(O)ccc12. The molecule has 0 unspecified atom stereocenters. The van der Waals surface area contributed by atoms with Crippen LogP contribution < -0.4 is 5.43 Å². The van der Waals surface area contributed by atoms with Crippen molar-refractivity contribution in [1.29, 1.82) is 0 Å². The summed E-state index contributed by atoms with van der Waals surface area (Å²) in [7, 11) is 0. The molecule has 0 aliphatic heterocycles. The molecule has 0 saturated heterocycles. The van der Waals surface area contributed by atoms with Crippen molar-refractivity contribution < 1.29 is 18.3 Å². The zero-order valence-electron chi connectivity index (χ0n) is 7.80. The number of phenolic OH excluding ortho intramolecular Hbond substituents is 1. The van der Waals surface area contributed by atoms with Crippen LogP contribution in [-0.2, 0) is 6.18 Å². The summed E-state index contributed by atoms with van der Waals surface area (Å²) in [6.07, 6.45) is -4.61. The number of aromatic amines is 1. The highest BCUT2D eigenvalue weighted by molar-refractivity contribution is 5.79. The molecule has 84 valence electrons. The largest absolute Gasteiger partial charge is 0.508 e. The lowest BCUT2D eigenvalue weighted by molar-refractivity contribution is -0.141. The van der Waals surface area contributed by atoms with E-state index in [4.69, 9.17) is 5.11 Å². The molecule has 0 spiro atoms. The predicted octanol–water partition coefficient (Wildman–Crippen LogP) is 2.25. The minimum atomic E-state index is -4.61. The molecule has 0 atom stereocenters. The van der Waals surface area contributed by atoms with E-state index in [0.717, 1.165) is 6.07 Å². The number of aromatic hydroxyl groups is 1. The molecule has 0 fully saturated rings. The van der Waals surface area contributed by atoms with Gasteiger partial charge in [0.2, 0.25) is 0 Å². The van der Waals surface area contributed by atoms with Gasteiger partial charge in [-0.2, -0.15) is 13.2 Å². The Morgan fingerprint density at radius 3 is 2.50 bits per heavy atom. The Hall–Kier alpha value is -1.98. The van der Waals surface area contributed by atoms with Gasteiger partial charge in [-0.1, -0.05) is 0 Å². The number of alkyl halides is 3. The third kappa shape index (κ3) is 1.73. The van der Waals surface area contributed by atoms with E-state index in [2.05, 4.69) is 4.98 Å². The number of nitrogens with one attached hydrogen (secondary N) is 1. The van der Waals surface area contributed by atoms with E-state index in [-0.39, 0.29) is 16.7 Å². The van der Waals surface area contributed by atoms with Crippen LogP contribution in [0.5, 0.6) is 5.75 Å². The van der Waals surface area contributed by atoms with Gasteiger partial charge in [-0.25, -0.2) is 0 Å². The molecule has 1 aromatic heterocycles. The molecule has 0 aliphatic carbocycles. The number of H-pyrrole nitrogens is 1. The molecule has 16 heavy (non-hydrogen) atoms. The molecule has 0 radical (unpaired) electrons. The molecule has 1 aromatic carbocycles. The lowest BCUT2D eigenvalue weighted by Crippen LogP contribution is -2.13. The molecular weight excluding hydrogens is 223 g/mol. The molecule has 0 amide bonds. The summed E-state index contributed by atoms with van der Waals surface area (Å²) in [5, 5.41) is 9.21. The van der Waals surface area contributed by atoms with E-state index in [1.54, 1.807) is 0 Å². The molecule has 6 heteroatoms. The smallest absolute Gasteiger partial charge is 0.431 e. The van der Waals surface area contributed by atoms with E-state index < -0.39 is 17.3 Å². The number of phenols is 1. The van der Waals surface area contributed by atoms with Gasteiger partial charge in [0.1, 0.15) is 11.4 Å². The number of aromatic nitrogens is 1. The van der Waals surface area contributed by atoms with Gasteiger partial charge in [-0.15, -0.1) is 0 Å². The fraction of sp³-hybridized carbons (Fsp3) is 0.100. The van der Waals surface area contributed by atoms with Crippen LogP contribution in [0.4, 0.5) is 13.2 Å². The third-order valence-electron chi connectivity index (χ3n) is 2.12. The Bertz CT molecular complexity index is 601. The van der Waals surface area contributed by atoms with Crippen LogP contribution in [0.2, 0.25) is 0 Å².